The Balaban J connectivity index is 1.51. The van der Waals surface area contributed by atoms with Crippen molar-refractivity contribution in [1.29, 1.82) is 0 Å². The molecule has 3 aromatic carbocycles. The third-order valence-corrected chi connectivity index (χ3v) is 8.08. The molecule has 204 valence electrons. The third-order valence-electron chi connectivity index (χ3n) is 5.33. The standard InChI is InChI=1S/C27H24F3N3O3S3/c1-34-22-7-4-16(10-19(22)28)13-37-25-31-26(38-14-17-5-8-23(35-2)20(29)11-17)33-27(32-25)39-15-18-6-9-24(36-3)21(30)12-18/h4-12H,13-15H2,1-3H3. The number of nitrogens with zero attached hydrogens (tertiary/aromatic N) is 3. The highest BCUT2D eigenvalue weighted by Crippen LogP contribution is 2.30. The molecular formula is C27H24F3N3O3S3. The van der Waals surface area contributed by atoms with E-state index in [9.17, 15) is 13.2 Å². The first-order valence-corrected chi connectivity index (χ1v) is 14.5. The average Bonchev–Trinajstić information content (AvgIpc) is 2.94. The van der Waals surface area contributed by atoms with Crippen LogP contribution < -0.4 is 14.2 Å². The van der Waals surface area contributed by atoms with E-state index in [1.807, 2.05) is 0 Å². The van der Waals surface area contributed by atoms with E-state index in [2.05, 4.69) is 15.0 Å². The summed E-state index contributed by atoms with van der Waals surface area (Å²) in [5, 5.41) is 1.36. The van der Waals surface area contributed by atoms with Crippen LogP contribution in [0.3, 0.4) is 0 Å². The first-order chi connectivity index (χ1) is 18.9. The van der Waals surface area contributed by atoms with Gasteiger partial charge < -0.3 is 14.2 Å². The van der Waals surface area contributed by atoms with Gasteiger partial charge in [0, 0.05) is 17.3 Å². The number of hydrogen-bond donors (Lipinski definition) is 0. The largest absolute Gasteiger partial charge is 0.494 e. The second kappa shape index (κ2) is 13.8. The maximum atomic E-state index is 14.1. The van der Waals surface area contributed by atoms with Crippen molar-refractivity contribution >= 4 is 35.3 Å². The minimum Gasteiger partial charge on any atom is -0.494 e. The Morgan fingerprint density at radius 3 is 1.03 bits per heavy atom. The smallest absolute Gasteiger partial charge is 0.192 e. The summed E-state index contributed by atoms with van der Waals surface area (Å²) in [4.78, 5) is 13.6. The zero-order valence-corrected chi connectivity index (χ0v) is 23.7. The van der Waals surface area contributed by atoms with Gasteiger partial charge in [-0.15, -0.1) is 0 Å². The Bertz CT molecular complexity index is 1260. The van der Waals surface area contributed by atoms with E-state index in [4.69, 9.17) is 14.2 Å². The molecule has 0 aliphatic carbocycles. The van der Waals surface area contributed by atoms with Crippen LogP contribution in [0, 0.1) is 17.5 Å². The number of aromatic nitrogens is 3. The molecule has 6 nitrogen and oxygen atoms in total. The van der Waals surface area contributed by atoms with Gasteiger partial charge in [-0.1, -0.05) is 53.5 Å². The van der Waals surface area contributed by atoms with E-state index in [1.165, 1.54) is 74.8 Å². The van der Waals surface area contributed by atoms with Crippen LogP contribution in [0.2, 0.25) is 0 Å². The molecule has 0 amide bonds. The van der Waals surface area contributed by atoms with Crippen molar-refractivity contribution in [3.05, 3.63) is 88.7 Å². The number of hydrogen-bond acceptors (Lipinski definition) is 9. The Hall–Kier alpha value is -3.09. The highest BCUT2D eigenvalue weighted by atomic mass is 32.2. The van der Waals surface area contributed by atoms with Gasteiger partial charge in [-0.2, -0.15) is 15.0 Å². The Kier molecular flexibility index (Phi) is 10.2. The van der Waals surface area contributed by atoms with Gasteiger partial charge in [-0.25, -0.2) is 13.2 Å². The summed E-state index contributed by atoms with van der Waals surface area (Å²) in [6, 6.07) is 14.3. The fraction of sp³-hybridized carbons (Fsp3) is 0.222. The molecule has 0 saturated carbocycles. The van der Waals surface area contributed by atoms with Gasteiger partial charge in [0.25, 0.3) is 0 Å². The monoisotopic (exact) mass is 591 g/mol. The van der Waals surface area contributed by atoms with Crippen molar-refractivity contribution in [1.82, 2.24) is 15.0 Å². The number of ether oxygens (including phenoxy) is 3. The van der Waals surface area contributed by atoms with E-state index < -0.39 is 17.5 Å². The number of thioether (sulfide) groups is 3. The van der Waals surface area contributed by atoms with Crippen molar-refractivity contribution in [2.75, 3.05) is 21.3 Å². The second-order valence-electron chi connectivity index (χ2n) is 7.96. The molecule has 0 saturated heterocycles. The van der Waals surface area contributed by atoms with Gasteiger partial charge in [0.2, 0.25) is 0 Å². The zero-order chi connectivity index (χ0) is 27.8. The first kappa shape index (κ1) is 28.9. The fourth-order valence-electron chi connectivity index (χ4n) is 3.36. The summed E-state index contributed by atoms with van der Waals surface area (Å²) in [6.07, 6.45) is 0. The zero-order valence-electron chi connectivity index (χ0n) is 21.2. The van der Waals surface area contributed by atoms with E-state index in [-0.39, 0.29) is 17.2 Å². The normalized spacial score (nSPS) is 10.9. The summed E-state index contributed by atoms with van der Waals surface area (Å²) in [5.74, 6) is 0.446. The topological polar surface area (TPSA) is 66.4 Å². The lowest BCUT2D eigenvalue weighted by Crippen LogP contribution is -1.99. The van der Waals surface area contributed by atoms with Gasteiger partial charge in [-0.3, -0.25) is 0 Å². The highest BCUT2D eigenvalue weighted by molar-refractivity contribution is 7.99. The summed E-state index contributed by atoms with van der Waals surface area (Å²) >= 11 is 4.00. The molecule has 0 unspecified atom stereocenters. The molecule has 0 atom stereocenters. The van der Waals surface area contributed by atoms with Gasteiger partial charge in [0.05, 0.1) is 21.3 Å². The lowest BCUT2D eigenvalue weighted by atomic mass is 10.2. The van der Waals surface area contributed by atoms with E-state index in [1.54, 1.807) is 36.4 Å². The Morgan fingerprint density at radius 2 is 0.795 bits per heavy atom. The minimum absolute atomic E-state index is 0.172. The highest BCUT2D eigenvalue weighted by Gasteiger charge is 2.13. The van der Waals surface area contributed by atoms with E-state index in [0.29, 0.717) is 32.7 Å². The summed E-state index contributed by atoms with van der Waals surface area (Å²) in [5.41, 5.74) is 2.22. The van der Waals surface area contributed by atoms with Crippen LogP contribution in [-0.2, 0) is 17.3 Å². The summed E-state index contributed by atoms with van der Waals surface area (Å²) in [7, 11) is 4.24. The van der Waals surface area contributed by atoms with Crippen LogP contribution in [0.25, 0.3) is 0 Å². The molecule has 12 heteroatoms. The van der Waals surface area contributed by atoms with Crippen molar-refractivity contribution in [2.24, 2.45) is 0 Å². The molecule has 0 aliphatic rings. The van der Waals surface area contributed by atoms with Gasteiger partial charge in [-0.05, 0) is 53.1 Å². The molecule has 4 rings (SSSR count). The number of rotatable bonds is 12. The predicted molar refractivity (Wildman–Crippen MR) is 147 cm³/mol. The molecule has 0 N–H and O–H groups in total. The summed E-state index contributed by atoms with van der Waals surface area (Å²) < 4.78 is 57.3. The van der Waals surface area contributed by atoms with Crippen LogP contribution in [-0.4, -0.2) is 36.3 Å². The van der Waals surface area contributed by atoms with Crippen LogP contribution in [0.5, 0.6) is 17.2 Å². The molecule has 0 bridgehead atoms. The number of halogens is 3. The molecular weight excluding hydrogens is 568 g/mol. The van der Waals surface area contributed by atoms with Crippen LogP contribution in [0.4, 0.5) is 13.2 Å². The van der Waals surface area contributed by atoms with Crippen molar-refractivity contribution in [3.63, 3.8) is 0 Å². The van der Waals surface area contributed by atoms with E-state index >= 15 is 0 Å². The molecule has 1 heterocycles. The van der Waals surface area contributed by atoms with Gasteiger partial charge >= 0.3 is 0 Å². The quantitative estimate of drug-likeness (QED) is 0.159. The second-order valence-corrected chi connectivity index (χ2v) is 10.8. The van der Waals surface area contributed by atoms with Crippen LogP contribution in [0.1, 0.15) is 16.7 Å². The fourth-order valence-corrected chi connectivity index (χ4v) is 5.86. The lowest BCUT2D eigenvalue weighted by Gasteiger charge is -2.09. The SMILES string of the molecule is COc1ccc(CSc2nc(SCc3ccc(OC)c(F)c3)nc(SCc3ccc(OC)c(F)c3)n2)cc1F. The van der Waals surface area contributed by atoms with Crippen molar-refractivity contribution in [3.8, 4) is 17.2 Å². The number of methoxy groups -OCH3 is 3. The molecule has 39 heavy (non-hydrogen) atoms. The molecule has 4 aromatic rings. The molecule has 0 radical (unpaired) electrons. The summed E-state index contributed by atoms with van der Waals surface area (Å²) in [6.45, 7) is 0. The lowest BCUT2D eigenvalue weighted by molar-refractivity contribution is 0.386. The first-order valence-electron chi connectivity index (χ1n) is 11.5. The Morgan fingerprint density at radius 1 is 0.513 bits per heavy atom. The third kappa shape index (κ3) is 7.96. The van der Waals surface area contributed by atoms with Crippen LogP contribution >= 0.6 is 35.3 Å². The maximum absolute atomic E-state index is 14.1. The minimum atomic E-state index is -0.447. The maximum Gasteiger partial charge on any atom is 0.192 e. The number of benzene rings is 3. The van der Waals surface area contributed by atoms with Crippen molar-refractivity contribution in [2.45, 2.75) is 32.7 Å². The van der Waals surface area contributed by atoms with Crippen LogP contribution in [0.15, 0.2) is 70.1 Å². The Labute approximate surface area is 237 Å². The predicted octanol–water partition coefficient (Wildman–Crippen LogP) is 7.19. The average molecular weight is 592 g/mol. The van der Waals surface area contributed by atoms with Gasteiger partial charge in [0.15, 0.2) is 50.2 Å². The van der Waals surface area contributed by atoms with Gasteiger partial charge in [0.1, 0.15) is 0 Å². The molecule has 0 fully saturated rings. The van der Waals surface area contributed by atoms with E-state index in [0.717, 1.165) is 16.7 Å². The molecule has 1 aromatic heterocycles. The van der Waals surface area contributed by atoms with Crippen molar-refractivity contribution < 1.29 is 27.4 Å². The molecule has 0 spiro atoms. The molecule has 0 aliphatic heterocycles.